The van der Waals surface area contributed by atoms with E-state index in [-0.39, 0.29) is 11.7 Å². The highest BCUT2D eigenvalue weighted by Crippen LogP contribution is 2.44. The van der Waals surface area contributed by atoms with Crippen LogP contribution in [0.1, 0.15) is 117 Å². The SMILES string of the molecule is Cc1ccc(C2(C(=O)NC(CONC(=O)C(NC(=O)C3(c4ccc(C)cc4)CCCC3)C(C)ONC(=O)C(CS)NC(=O)C3(c4ccc(C)cc4)CCCC3)C(=O)NO)CCCC2)cc1. The lowest BCUT2D eigenvalue weighted by Crippen LogP contribution is -2.59. The average Bonchev–Trinajstić information content (AvgIpc) is 4.13. The van der Waals surface area contributed by atoms with Gasteiger partial charge in [-0.05, 0) is 82.9 Å². The van der Waals surface area contributed by atoms with Crippen LogP contribution in [0, 0.1) is 20.8 Å². The van der Waals surface area contributed by atoms with Crippen molar-refractivity contribution in [2.24, 2.45) is 0 Å². The highest BCUT2D eigenvalue weighted by molar-refractivity contribution is 7.80. The molecule has 0 heterocycles. The molecule has 0 aromatic heterocycles. The van der Waals surface area contributed by atoms with E-state index in [4.69, 9.17) is 9.68 Å². The molecular formula is C49H64N6O9S. The van der Waals surface area contributed by atoms with E-state index in [9.17, 15) is 34.0 Å². The molecule has 6 rings (SSSR count). The molecule has 350 valence electrons. The van der Waals surface area contributed by atoms with Crippen molar-refractivity contribution in [3.05, 3.63) is 106 Å². The number of carbonyl (C=O) groups is 6. The van der Waals surface area contributed by atoms with Crippen LogP contribution in [-0.2, 0) is 54.7 Å². The Bertz CT molecular complexity index is 2150. The number of hydrogen-bond acceptors (Lipinski definition) is 10. The number of nitrogens with one attached hydrogen (secondary N) is 6. The Morgan fingerprint density at radius 2 is 0.923 bits per heavy atom. The van der Waals surface area contributed by atoms with Gasteiger partial charge in [0.2, 0.25) is 17.7 Å². The molecule has 3 saturated carbocycles. The van der Waals surface area contributed by atoms with Crippen LogP contribution in [0.2, 0.25) is 0 Å². The van der Waals surface area contributed by atoms with E-state index < -0.39 is 76.6 Å². The number of hydroxylamine groups is 3. The minimum atomic E-state index is -1.47. The minimum absolute atomic E-state index is 0.0574. The van der Waals surface area contributed by atoms with Crippen molar-refractivity contribution in [2.45, 2.75) is 145 Å². The van der Waals surface area contributed by atoms with E-state index in [1.807, 2.05) is 93.6 Å². The molecule has 3 aliphatic rings. The first-order chi connectivity index (χ1) is 31.2. The zero-order chi connectivity index (χ0) is 46.8. The molecule has 6 amide bonds. The predicted molar refractivity (Wildman–Crippen MR) is 246 cm³/mol. The van der Waals surface area contributed by atoms with Gasteiger partial charge < -0.3 is 16.0 Å². The fraction of sp³-hybridized carbons (Fsp3) is 0.510. The second-order valence-corrected chi connectivity index (χ2v) is 18.6. The second kappa shape index (κ2) is 21.8. The highest BCUT2D eigenvalue weighted by atomic mass is 32.1. The van der Waals surface area contributed by atoms with Crippen LogP contribution in [0.25, 0.3) is 0 Å². The standard InChI is InChI=1S/C49H64N6O9S/c1-31-11-17-35(18-12-31)47(23-5-6-24-47)44(59)50-38(41(56)53-62)29-63-54-43(58)40(52-46(61)49(27-9-10-28-49)37-21-15-33(3)16-22-37)34(4)64-55-42(57)39(30-65)51-45(60)48(25-7-8-26-48)36-19-13-32(2)14-20-36/h11-22,34,38-40,62,65H,5-10,23-30H2,1-4H3,(H,50,59)(H,51,60)(H,52,61)(H,53,56)(H,54,58)(H,55,57). The maximum atomic E-state index is 14.4. The molecule has 16 heteroatoms. The van der Waals surface area contributed by atoms with Crippen molar-refractivity contribution in [3.8, 4) is 0 Å². The summed E-state index contributed by atoms with van der Waals surface area (Å²) in [5.41, 5.74) is 9.19. The Morgan fingerprint density at radius 3 is 1.29 bits per heavy atom. The molecule has 15 nitrogen and oxygen atoms in total. The largest absolute Gasteiger partial charge is 0.343 e. The Hall–Kier alpha value is -5.29. The van der Waals surface area contributed by atoms with Crippen LogP contribution in [0.3, 0.4) is 0 Å². The van der Waals surface area contributed by atoms with Gasteiger partial charge in [0.15, 0.2) is 0 Å². The van der Waals surface area contributed by atoms with Crippen molar-refractivity contribution >= 4 is 48.1 Å². The van der Waals surface area contributed by atoms with Crippen molar-refractivity contribution < 1.29 is 43.6 Å². The summed E-state index contributed by atoms with van der Waals surface area (Å²) in [5, 5.41) is 18.1. The summed E-state index contributed by atoms with van der Waals surface area (Å²) in [4.78, 5) is 94.4. The third-order valence-electron chi connectivity index (χ3n) is 13.8. The Kier molecular flexibility index (Phi) is 16.5. The summed E-state index contributed by atoms with van der Waals surface area (Å²) in [7, 11) is 0. The van der Waals surface area contributed by atoms with Gasteiger partial charge in [-0.1, -0.05) is 128 Å². The van der Waals surface area contributed by atoms with Crippen molar-refractivity contribution in [1.82, 2.24) is 32.4 Å². The molecule has 4 atom stereocenters. The fourth-order valence-corrected chi connectivity index (χ4v) is 10.0. The topological polar surface area (TPSA) is 213 Å². The second-order valence-electron chi connectivity index (χ2n) is 18.2. The van der Waals surface area contributed by atoms with Crippen molar-refractivity contribution in [2.75, 3.05) is 12.4 Å². The van der Waals surface area contributed by atoms with E-state index in [0.717, 1.165) is 71.9 Å². The van der Waals surface area contributed by atoms with E-state index in [1.165, 1.54) is 6.92 Å². The van der Waals surface area contributed by atoms with Crippen LogP contribution in [0.5, 0.6) is 0 Å². The first-order valence-corrected chi connectivity index (χ1v) is 23.4. The number of thiol groups is 1. The number of carbonyl (C=O) groups excluding carboxylic acids is 6. The average molecular weight is 913 g/mol. The van der Waals surface area contributed by atoms with Crippen LogP contribution in [-0.4, -0.2) is 77.2 Å². The lowest BCUT2D eigenvalue weighted by Gasteiger charge is -2.33. The zero-order valence-corrected chi connectivity index (χ0v) is 38.7. The molecule has 0 spiro atoms. The molecule has 3 aliphatic carbocycles. The van der Waals surface area contributed by atoms with Crippen LogP contribution in [0.15, 0.2) is 72.8 Å². The van der Waals surface area contributed by atoms with Crippen LogP contribution < -0.4 is 32.4 Å². The van der Waals surface area contributed by atoms with Gasteiger partial charge in [0.25, 0.3) is 17.7 Å². The van der Waals surface area contributed by atoms with Crippen molar-refractivity contribution in [1.29, 1.82) is 0 Å². The van der Waals surface area contributed by atoms with E-state index in [1.54, 1.807) is 5.48 Å². The molecular weight excluding hydrogens is 849 g/mol. The lowest BCUT2D eigenvalue weighted by atomic mass is 9.77. The van der Waals surface area contributed by atoms with Gasteiger partial charge in [0.1, 0.15) is 30.8 Å². The quantitative estimate of drug-likeness (QED) is 0.0470. The monoisotopic (exact) mass is 912 g/mol. The summed E-state index contributed by atoms with van der Waals surface area (Å²) in [6.07, 6.45) is 7.14. The summed E-state index contributed by atoms with van der Waals surface area (Å²) < 4.78 is 0. The summed E-state index contributed by atoms with van der Waals surface area (Å²) in [6, 6.07) is 19.2. The predicted octanol–water partition coefficient (Wildman–Crippen LogP) is 4.82. The highest BCUT2D eigenvalue weighted by Gasteiger charge is 2.47. The molecule has 3 fully saturated rings. The molecule has 65 heavy (non-hydrogen) atoms. The van der Waals surface area contributed by atoms with Gasteiger partial charge in [-0.3, -0.25) is 43.6 Å². The van der Waals surface area contributed by atoms with Gasteiger partial charge in [-0.15, -0.1) is 0 Å². The number of hydrogen-bond donors (Lipinski definition) is 8. The van der Waals surface area contributed by atoms with E-state index in [0.29, 0.717) is 38.5 Å². The number of amides is 6. The van der Waals surface area contributed by atoms with Gasteiger partial charge in [0.05, 0.1) is 16.2 Å². The lowest BCUT2D eigenvalue weighted by molar-refractivity contribution is -0.153. The van der Waals surface area contributed by atoms with Crippen LogP contribution >= 0.6 is 12.6 Å². The molecule has 0 radical (unpaired) electrons. The number of aryl methyl sites for hydroxylation is 3. The smallest absolute Gasteiger partial charge is 0.268 e. The Balaban J connectivity index is 1.16. The van der Waals surface area contributed by atoms with E-state index >= 15 is 0 Å². The summed E-state index contributed by atoms with van der Waals surface area (Å²) in [5.74, 6) is -3.78. The third-order valence-corrected chi connectivity index (χ3v) is 14.2. The maximum Gasteiger partial charge on any atom is 0.268 e. The Morgan fingerprint density at radius 1 is 0.554 bits per heavy atom. The van der Waals surface area contributed by atoms with Crippen molar-refractivity contribution in [3.63, 3.8) is 0 Å². The van der Waals surface area contributed by atoms with Gasteiger partial charge >= 0.3 is 0 Å². The molecule has 3 aromatic carbocycles. The number of benzene rings is 3. The van der Waals surface area contributed by atoms with E-state index in [2.05, 4.69) is 39.5 Å². The van der Waals surface area contributed by atoms with Gasteiger partial charge in [-0.2, -0.15) is 12.6 Å². The fourth-order valence-electron chi connectivity index (χ4n) is 9.77. The number of rotatable bonds is 19. The molecule has 3 aromatic rings. The molecule has 0 saturated heterocycles. The maximum absolute atomic E-state index is 14.4. The molecule has 7 N–H and O–H groups in total. The van der Waals surface area contributed by atoms with Gasteiger partial charge in [0, 0.05) is 5.75 Å². The third kappa shape index (κ3) is 11.1. The zero-order valence-electron chi connectivity index (χ0n) is 37.8. The Labute approximate surface area is 386 Å². The first-order valence-electron chi connectivity index (χ1n) is 22.7. The van der Waals surface area contributed by atoms with Crippen LogP contribution in [0.4, 0.5) is 0 Å². The summed E-state index contributed by atoms with van der Waals surface area (Å²) in [6.45, 7) is 6.77. The first kappa shape index (κ1) is 49.2. The molecule has 0 bridgehead atoms. The normalized spacial score (nSPS) is 18.9. The summed E-state index contributed by atoms with van der Waals surface area (Å²) >= 11 is 4.37. The molecule has 0 aliphatic heterocycles. The van der Waals surface area contributed by atoms with Gasteiger partial charge in [-0.25, -0.2) is 16.4 Å². The minimum Gasteiger partial charge on any atom is -0.343 e. The molecule has 4 unspecified atom stereocenters.